The van der Waals surface area contributed by atoms with Gasteiger partial charge in [0.15, 0.2) is 0 Å². The van der Waals surface area contributed by atoms with E-state index in [0.717, 1.165) is 5.02 Å². The zero-order valence-electron chi connectivity index (χ0n) is 9.74. The minimum atomic E-state index is 0.172. The topological polar surface area (TPSA) is 12.0 Å². The van der Waals surface area contributed by atoms with E-state index in [0.29, 0.717) is 0 Å². The molecule has 2 rings (SSSR count). The standard InChI is InChI=1S/C13H14ClNS2/c1-15-12(13-10(14)7-8-17-13)9-5-3-4-6-11(9)16-2/h3-8,12,15H,1-2H3. The maximum Gasteiger partial charge on any atom is 0.0694 e. The Morgan fingerprint density at radius 3 is 2.65 bits per heavy atom. The first-order valence-electron chi connectivity index (χ1n) is 5.31. The van der Waals surface area contributed by atoms with Gasteiger partial charge >= 0.3 is 0 Å². The molecule has 90 valence electrons. The van der Waals surface area contributed by atoms with Gasteiger partial charge in [-0.15, -0.1) is 23.1 Å². The van der Waals surface area contributed by atoms with Crippen LogP contribution >= 0.6 is 34.7 Å². The third kappa shape index (κ3) is 2.68. The summed E-state index contributed by atoms with van der Waals surface area (Å²) >= 11 is 9.68. The zero-order valence-corrected chi connectivity index (χ0v) is 12.1. The van der Waals surface area contributed by atoms with E-state index in [9.17, 15) is 0 Å². The maximum atomic E-state index is 6.22. The van der Waals surface area contributed by atoms with Gasteiger partial charge in [-0.25, -0.2) is 0 Å². The van der Waals surface area contributed by atoms with Crippen LogP contribution in [0.15, 0.2) is 40.6 Å². The first-order chi connectivity index (χ1) is 8.27. The molecule has 4 heteroatoms. The van der Waals surface area contributed by atoms with Crippen LogP contribution in [0.1, 0.15) is 16.5 Å². The van der Waals surface area contributed by atoms with E-state index >= 15 is 0 Å². The molecule has 0 spiro atoms. The maximum absolute atomic E-state index is 6.22. The molecule has 0 bridgehead atoms. The van der Waals surface area contributed by atoms with Crippen molar-refractivity contribution in [2.45, 2.75) is 10.9 Å². The highest BCUT2D eigenvalue weighted by Gasteiger charge is 2.18. The van der Waals surface area contributed by atoms with Gasteiger partial charge in [-0.05, 0) is 36.4 Å². The van der Waals surface area contributed by atoms with Gasteiger partial charge in [0, 0.05) is 9.77 Å². The third-order valence-electron chi connectivity index (χ3n) is 2.65. The van der Waals surface area contributed by atoms with Crippen LogP contribution in [-0.2, 0) is 0 Å². The Bertz CT molecular complexity index is 496. The lowest BCUT2D eigenvalue weighted by Crippen LogP contribution is -2.17. The minimum absolute atomic E-state index is 0.172. The molecule has 0 aliphatic carbocycles. The highest BCUT2D eigenvalue weighted by atomic mass is 35.5. The Labute approximate surface area is 115 Å². The number of rotatable bonds is 4. The van der Waals surface area contributed by atoms with Crippen molar-refractivity contribution in [2.75, 3.05) is 13.3 Å². The Balaban J connectivity index is 2.46. The molecule has 1 heterocycles. The number of hydrogen-bond acceptors (Lipinski definition) is 3. The fraction of sp³-hybridized carbons (Fsp3) is 0.231. The van der Waals surface area contributed by atoms with Gasteiger partial charge in [-0.2, -0.15) is 0 Å². The van der Waals surface area contributed by atoms with Gasteiger partial charge in [0.2, 0.25) is 0 Å². The highest BCUT2D eigenvalue weighted by molar-refractivity contribution is 7.98. The van der Waals surface area contributed by atoms with E-state index in [1.807, 2.05) is 18.5 Å². The first-order valence-corrected chi connectivity index (χ1v) is 7.79. The Morgan fingerprint density at radius 2 is 2.06 bits per heavy atom. The van der Waals surface area contributed by atoms with Crippen molar-refractivity contribution in [1.29, 1.82) is 0 Å². The average Bonchev–Trinajstić information content (AvgIpc) is 2.78. The molecule has 0 aliphatic heterocycles. The molecule has 1 aromatic carbocycles. The number of nitrogens with one attached hydrogen (secondary N) is 1. The molecule has 1 N–H and O–H groups in total. The molecule has 1 nitrogen and oxygen atoms in total. The predicted molar refractivity (Wildman–Crippen MR) is 78.5 cm³/mol. The summed E-state index contributed by atoms with van der Waals surface area (Å²) < 4.78 is 0. The molecule has 0 radical (unpaired) electrons. The minimum Gasteiger partial charge on any atom is -0.309 e. The molecular weight excluding hydrogens is 270 g/mol. The number of thiophene rings is 1. The van der Waals surface area contributed by atoms with E-state index < -0.39 is 0 Å². The number of halogens is 1. The normalized spacial score (nSPS) is 12.6. The Hall–Kier alpha value is -0.480. The van der Waals surface area contributed by atoms with Crippen LogP contribution < -0.4 is 5.32 Å². The molecule has 0 fully saturated rings. The van der Waals surface area contributed by atoms with Crippen molar-refractivity contribution < 1.29 is 0 Å². The Kier molecular flexibility index (Phi) is 4.51. The van der Waals surface area contributed by atoms with Crippen molar-refractivity contribution in [2.24, 2.45) is 0 Å². The van der Waals surface area contributed by atoms with Gasteiger partial charge < -0.3 is 5.32 Å². The molecule has 1 aromatic heterocycles. The first kappa shape index (κ1) is 13.0. The molecular formula is C13H14ClNS2. The number of benzene rings is 1. The van der Waals surface area contributed by atoms with E-state index in [-0.39, 0.29) is 6.04 Å². The molecule has 17 heavy (non-hydrogen) atoms. The fourth-order valence-electron chi connectivity index (χ4n) is 1.84. The quantitative estimate of drug-likeness (QED) is 0.833. The Morgan fingerprint density at radius 1 is 1.29 bits per heavy atom. The van der Waals surface area contributed by atoms with Crippen molar-refractivity contribution in [3.8, 4) is 0 Å². The summed E-state index contributed by atoms with van der Waals surface area (Å²) in [6.45, 7) is 0. The monoisotopic (exact) mass is 283 g/mol. The van der Waals surface area contributed by atoms with E-state index in [2.05, 4.69) is 35.8 Å². The van der Waals surface area contributed by atoms with Gasteiger partial charge in [0.1, 0.15) is 0 Å². The summed E-state index contributed by atoms with van der Waals surface area (Å²) in [6, 6.07) is 10.6. The molecule has 0 amide bonds. The summed E-state index contributed by atoms with van der Waals surface area (Å²) in [7, 11) is 1.97. The van der Waals surface area contributed by atoms with Crippen molar-refractivity contribution in [1.82, 2.24) is 5.32 Å². The van der Waals surface area contributed by atoms with Gasteiger partial charge in [-0.3, -0.25) is 0 Å². The van der Waals surface area contributed by atoms with Gasteiger partial charge in [-0.1, -0.05) is 29.8 Å². The molecule has 0 saturated heterocycles. The second kappa shape index (κ2) is 5.91. The van der Waals surface area contributed by atoms with Gasteiger partial charge in [0.25, 0.3) is 0 Å². The largest absolute Gasteiger partial charge is 0.309 e. The van der Waals surface area contributed by atoms with Crippen LogP contribution in [0.4, 0.5) is 0 Å². The van der Waals surface area contributed by atoms with Crippen LogP contribution in [-0.4, -0.2) is 13.3 Å². The highest BCUT2D eigenvalue weighted by Crippen LogP contribution is 2.36. The predicted octanol–water partition coefficient (Wildman–Crippen LogP) is 4.43. The second-order valence-electron chi connectivity index (χ2n) is 3.60. The van der Waals surface area contributed by atoms with Crippen LogP contribution in [0, 0.1) is 0 Å². The molecule has 0 aliphatic rings. The third-order valence-corrected chi connectivity index (χ3v) is 4.88. The lowest BCUT2D eigenvalue weighted by molar-refractivity contribution is 0.692. The van der Waals surface area contributed by atoms with Crippen LogP contribution in [0.5, 0.6) is 0 Å². The SMILES string of the molecule is CNC(c1ccccc1SC)c1sccc1Cl. The van der Waals surface area contributed by atoms with E-state index in [1.165, 1.54) is 15.3 Å². The van der Waals surface area contributed by atoms with Crippen LogP contribution in [0.2, 0.25) is 5.02 Å². The zero-order chi connectivity index (χ0) is 12.3. The summed E-state index contributed by atoms with van der Waals surface area (Å²) in [5, 5.41) is 6.22. The summed E-state index contributed by atoms with van der Waals surface area (Å²) in [5.74, 6) is 0. The molecule has 1 unspecified atom stereocenters. The number of thioether (sulfide) groups is 1. The van der Waals surface area contributed by atoms with E-state index in [4.69, 9.17) is 11.6 Å². The second-order valence-corrected chi connectivity index (χ2v) is 5.80. The van der Waals surface area contributed by atoms with Crippen molar-refractivity contribution in [3.05, 3.63) is 51.2 Å². The number of hydrogen-bond donors (Lipinski definition) is 1. The van der Waals surface area contributed by atoms with Crippen LogP contribution in [0.25, 0.3) is 0 Å². The summed E-state index contributed by atoms with van der Waals surface area (Å²) in [4.78, 5) is 2.46. The van der Waals surface area contributed by atoms with Crippen molar-refractivity contribution in [3.63, 3.8) is 0 Å². The molecule has 0 saturated carbocycles. The van der Waals surface area contributed by atoms with Crippen LogP contribution in [0.3, 0.4) is 0 Å². The summed E-state index contributed by atoms with van der Waals surface area (Å²) in [6.07, 6.45) is 2.10. The molecule has 1 atom stereocenters. The lowest BCUT2D eigenvalue weighted by atomic mass is 10.1. The van der Waals surface area contributed by atoms with E-state index in [1.54, 1.807) is 23.1 Å². The van der Waals surface area contributed by atoms with Crippen molar-refractivity contribution >= 4 is 34.7 Å². The molecule has 2 aromatic rings. The lowest BCUT2D eigenvalue weighted by Gasteiger charge is -2.18. The smallest absolute Gasteiger partial charge is 0.0694 e. The van der Waals surface area contributed by atoms with Gasteiger partial charge in [0.05, 0.1) is 11.1 Å². The average molecular weight is 284 g/mol. The summed E-state index contributed by atoms with van der Waals surface area (Å²) in [5.41, 5.74) is 1.28. The fourth-order valence-corrected chi connectivity index (χ4v) is 3.77.